The Morgan fingerprint density at radius 3 is 2.56 bits per heavy atom. The average Bonchev–Trinajstić information content (AvgIpc) is 2.27. The first kappa shape index (κ1) is 12.4. The Labute approximate surface area is 96.0 Å². The van der Waals surface area contributed by atoms with Gasteiger partial charge in [-0.25, -0.2) is 0 Å². The van der Waals surface area contributed by atoms with Gasteiger partial charge in [-0.05, 0) is 31.2 Å². The molecule has 4 nitrogen and oxygen atoms in total. The Morgan fingerprint density at radius 2 is 2.00 bits per heavy atom. The minimum absolute atomic E-state index is 0.162. The highest BCUT2D eigenvalue weighted by atomic mass is 16.5. The SMILES string of the molecule is CCOC(=O)CCN(C)c1ccc(N)cc1. The van der Waals surface area contributed by atoms with Crippen LogP contribution in [0.5, 0.6) is 0 Å². The summed E-state index contributed by atoms with van der Waals surface area (Å²) in [6, 6.07) is 7.55. The third kappa shape index (κ3) is 3.81. The molecule has 0 aliphatic heterocycles. The van der Waals surface area contributed by atoms with Crippen molar-refractivity contribution in [2.24, 2.45) is 0 Å². The molecule has 0 unspecified atom stereocenters. The fraction of sp³-hybridized carbons (Fsp3) is 0.417. The van der Waals surface area contributed by atoms with E-state index in [-0.39, 0.29) is 5.97 Å². The van der Waals surface area contributed by atoms with Crippen LogP contribution in [0.25, 0.3) is 0 Å². The molecule has 88 valence electrons. The predicted octanol–water partition coefficient (Wildman–Crippen LogP) is 1.66. The van der Waals surface area contributed by atoms with Gasteiger partial charge in [0.05, 0.1) is 13.0 Å². The number of nitrogens with zero attached hydrogens (tertiary/aromatic N) is 1. The molecule has 0 amide bonds. The molecule has 0 aliphatic rings. The number of nitrogen functional groups attached to an aromatic ring is 1. The normalized spacial score (nSPS) is 9.88. The summed E-state index contributed by atoms with van der Waals surface area (Å²) in [7, 11) is 1.94. The van der Waals surface area contributed by atoms with E-state index in [1.54, 1.807) is 0 Å². The first-order valence-corrected chi connectivity index (χ1v) is 5.35. The number of ether oxygens (including phenoxy) is 1. The molecule has 2 N–H and O–H groups in total. The van der Waals surface area contributed by atoms with Gasteiger partial charge in [0.2, 0.25) is 0 Å². The summed E-state index contributed by atoms with van der Waals surface area (Å²) in [6.45, 7) is 2.88. The van der Waals surface area contributed by atoms with E-state index in [4.69, 9.17) is 10.5 Å². The van der Waals surface area contributed by atoms with Crippen LogP contribution in [0.3, 0.4) is 0 Å². The minimum Gasteiger partial charge on any atom is -0.466 e. The van der Waals surface area contributed by atoms with Gasteiger partial charge in [0.15, 0.2) is 0 Å². The van der Waals surface area contributed by atoms with Crippen LogP contribution >= 0.6 is 0 Å². The van der Waals surface area contributed by atoms with Crippen molar-refractivity contribution in [3.05, 3.63) is 24.3 Å². The van der Waals surface area contributed by atoms with Crippen molar-refractivity contribution >= 4 is 17.3 Å². The maximum Gasteiger partial charge on any atom is 0.307 e. The number of esters is 1. The monoisotopic (exact) mass is 222 g/mol. The number of hydrogen-bond acceptors (Lipinski definition) is 4. The molecule has 0 heterocycles. The zero-order valence-electron chi connectivity index (χ0n) is 9.77. The molecule has 0 radical (unpaired) electrons. The standard InChI is InChI=1S/C12H18N2O2/c1-3-16-12(15)8-9-14(2)11-6-4-10(13)5-7-11/h4-7H,3,8-9,13H2,1-2H3. The van der Waals surface area contributed by atoms with Crippen molar-refractivity contribution in [2.75, 3.05) is 30.8 Å². The molecule has 0 bridgehead atoms. The lowest BCUT2D eigenvalue weighted by atomic mass is 10.2. The summed E-state index contributed by atoms with van der Waals surface area (Å²) in [6.07, 6.45) is 0.398. The molecule has 0 saturated heterocycles. The Morgan fingerprint density at radius 1 is 1.38 bits per heavy atom. The lowest BCUT2D eigenvalue weighted by Gasteiger charge is -2.18. The molecule has 1 rings (SSSR count). The quantitative estimate of drug-likeness (QED) is 0.608. The predicted molar refractivity (Wildman–Crippen MR) is 65.4 cm³/mol. The van der Waals surface area contributed by atoms with Crippen LogP contribution in [0, 0.1) is 0 Å². The van der Waals surface area contributed by atoms with Crippen molar-refractivity contribution in [1.82, 2.24) is 0 Å². The molecule has 4 heteroatoms. The van der Waals surface area contributed by atoms with E-state index >= 15 is 0 Å². The van der Waals surface area contributed by atoms with Gasteiger partial charge in [0.25, 0.3) is 0 Å². The maximum atomic E-state index is 11.2. The molecule has 0 fully saturated rings. The summed E-state index contributed by atoms with van der Waals surface area (Å²) < 4.78 is 4.86. The summed E-state index contributed by atoms with van der Waals surface area (Å²) >= 11 is 0. The maximum absolute atomic E-state index is 11.2. The molecule has 0 atom stereocenters. The van der Waals surface area contributed by atoms with Crippen LogP contribution in [0.4, 0.5) is 11.4 Å². The van der Waals surface area contributed by atoms with Crippen LogP contribution < -0.4 is 10.6 Å². The molecule has 1 aromatic rings. The molecular formula is C12H18N2O2. The number of benzene rings is 1. The summed E-state index contributed by atoms with van der Waals surface area (Å²) in [5.74, 6) is -0.162. The first-order valence-electron chi connectivity index (χ1n) is 5.35. The summed E-state index contributed by atoms with van der Waals surface area (Å²) in [5, 5.41) is 0. The fourth-order valence-electron chi connectivity index (χ4n) is 1.35. The van der Waals surface area contributed by atoms with Gasteiger partial charge < -0.3 is 15.4 Å². The van der Waals surface area contributed by atoms with E-state index in [1.165, 1.54) is 0 Å². The molecule has 0 aliphatic carbocycles. The summed E-state index contributed by atoms with van der Waals surface area (Å²) in [5.41, 5.74) is 7.37. The number of anilines is 2. The van der Waals surface area contributed by atoms with E-state index in [2.05, 4.69) is 0 Å². The van der Waals surface area contributed by atoms with Crippen molar-refractivity contribution in [3.63, 3.8) is 0 Å². The largest absolute Gasteiger partial charge is 0.466 e. The molecule has 0 spiro atoms. The van der Waals surface area contributed by atoms with Gasteiger partial charge in [-0.3, -0.25) is 4.79 Å². The van der Waals surface area contributed by atoms with Crippen molar-refractivity contribution in [3.8, 4) is 0 Å². The molecular weight excluding hydrogens is 204 g/mol. The second-order valence-corrected chi connectivity index (χ2v) is 3.57. The Kier molecular flexibility index (Phi) is 4.64. The lowest BCUT2D eigenvalue weighted by molar-refractivity contribution is -0.142. The average molecular weight is 222 g/mol. The Bertz CT molecular complexity index is 335. The number of nitrogens with two attached hydrogens (primary N) is 1. The van der Waals surface area contributed by atoms with Crippen LogP contribution in [0.15, 0.2) is 24.3 Å². The number of hydrogen-bond donors (Lipinski definition) is 1. The van der Waals surface area contributed by atoms with Crippen molar-refractivity contribution < 1.29 is 9.53 Å². The van der Waals surface area contributed by atoms with E-state index in [1.807, 2.05) is 43.1 Å². The second kappa shape index (κ2) is 6.00. The lowest BCUT2D eigenvalue weighted by Crippen LogP contribution is -2.21. The highest BCUT2D eigenvalue weighted by Crippen LogP contribution is 2.14. The van der Waals surface area contributed by atoms with E-state index in [9.17, 15) is 4.79 Å². The molecule has 16 heavy (non-hydrogen) atoms. The third-order valence-electron chi connectivity index (χ3n) is 2.29. The molecule has 0 aromatic heterocycles. The van der Waals surface area contributed by atoms with E-state index in [0.717, 1.165) is 11.4 Å². The third-order valence-corrected chi connectivity index (χ3v) is 2.29. The van der Waals surface area contributed by atoms with Crippen LogP contribution in [0.1, 0.15) is 13.3 Å². The van der Waals surface area contributed by atoms with Crippen LogP contribution in [0.2, 0.25) is 0 Å². The zero-order valence-corrected chi connectivity index (χ0v) is 9.77. The van der Waals surface area contributed by atoms with Gasteiger partial charge in [0.1, 0.15) is 0 Å². The van der Waals surface area contributed by atoms with Crippen LogP contribution in [-0.4, -0.2) is 26.2 Å². The van der Waals surface area contributed by atoms with E-state index < -0.39 is 0 Å². The smallest absolute Gasteiger partial charge is 0.307 e. The van der Waals surface area contributed by atoms with Gasteiger partial charge in [-0.15, -0.1) is 0 Å². The van der Waals surface area contributed by atoms with E-state index in [0.29, 0.717) is 19.6 Å². The summed E-state index contributed by atoms with van der Waals surface area (Å²) in [4.78, 5) is 13.2. The Balaban J connectivity index is 2.43. The highest BCUT2D eigenvalue weighted by Gasteiger charge is 2.05. The number of carbonyl (C=O) groups excluding carboxylic acids is 1. The van der Waals surface area contributed by atoms with Gasteiger partial charge in [-0.1, -0.05) is 0 Å². The van der Waals surface area contributed by atoms with Crippen molar-refractivity contribution in [2.45, 2.75) is 13.3 Å². The molecule has 0 saturated carbocycles. The number of rotatable bonds is 5. The van der Waals surface area contributed by atoms with Crippen LogP contribution in [-0.2, 0) is 9.53 Å². The van der Waals surface area contributed by atoms with Gasteiger partial charge in [0, 0.05) is 25.0 Å². The minimum atomic E-state index is -0.162. The number of carbonyl (C=O) groups is 1. The highest BCUT2D eigenvalue weighted by molar-refractivity contribution is 5.70. The second-order valence-electron chi connectivity index (χ2n) is 3.57. The Hall–Kier alpha value is -1.71. The van der Waals surface area contributed by atoms with Crippen molar-refractivity contribution in [1.29, 1.82) is 0 Å². The zero-order chi connectivity index (χ0) is 12.0. The van der Waals surface area contributed by atoms with Gasteiger partial charge >= 0.3 is 5.97 Å². The fourth-order valence-corrected chi connectivity index (χ4v) is 1.35. The topological polar surface area (TPSA) is 55.6 Å². The molecule has 1 aromatic carbocycles. The van der Waals surface area contributed by atoms with Gasteiger partial charge in [-0.2, -0.15) is 0 Å². The first-order chi connectivity index (χ1) is 7.63.